The van der Waals surface area contributed by atoms with E-state index in [1.807, 2.05) is 6.08 Å². The van der Waals surface area contributed by atoms with Crippen LogP contribution in [0.5, 0.6) is 0 Å². The molecule has 0 N–H and O–H groups in total. The first-order chi connectivity index (χ1) is 13.5. The van der Waals surface area contributed by atoms with Crippen molar-refractivity contribution in [2.24, 2.45) is 0 Å². The summed E-state index contributed by atoms with van der Waals surface area (Å²) in [4.78, 5) is 23.1. The van der Waals surface area contributed by atoms with Gasteiger partial charge in [-0.25, -0.2) is 0 Å². The lowest BCUT2D eigenvalue weighted by molar-refractivity contribution is -0.207. The summed E-state index contributed by atoms with van der Waals surface area (Å²) in [7, 11) is 1.37. The van der Waals surface area contributed by atoms with Gasteiger partial charge in [-0.15, -0.1) is 0 Å². The Morgan fingerprint density at radius 2 is 1.82 bits per heavy atom. The molecule has 0 amide bonds. The predicted octanol–water partition coefficient (Wildman–Crippen LogP) is 2.80. The molecule has 0 aromatic rings. The number of ether oxygens (including phenoxy) is 5. The lowest BCUT2D eigenvalue weighted by Gasteiger charge is -2.37. The fourth-order valence-electron chi connectivity index (χ4n) is 5.29. The van der Waals surface area contributed by atoms with Crippen LogP contribution >= 0.6 is 0 Å². The molecular weight excluding hydrogens is 364 g/mol. The van der Waals surface area contributed by atoms with Crippen LogP contribution in [0.1, 0.15) is 64.7 Å². The Morgan fingerprint density at radius 3 is 2.54 bits per heavy atom. The van der Waals surface area contributed by atoms with Crippen LogP contribution in [0.15, 0.2) is 12.2 Å². The summed E-state index contributed by atoms with van der Waals surface area (Å²) in [5, 5.41) is 0. The van der Waals surface area contributed by atoms with Crippen molar-refractivity contribution in [1.29, 1.82) is 0 Å². The van der Waals surface area contributed by atoms with E-state index in [9.17, 15) is 9.59 Å². The molecule has 2 aliphatic heterocycles. The molecule has 2 saturated carbocycles. The van der Waals surface area contributed by atoms with Gasteiger partial charge in [0.2, 0.25) is 0 Å². The molecule has 2 aliphatic carbocycles. The van der Waals surface area contributed by atoms with Crippen molar-refractivity contribution in [2.75, 3.05) is 7.11 Å². The second kappa shape index (κ2) is 7.76. The van der Waals surface area contributed by atoms with E-state index in [0.29, 0.717) is 19.3 Å². The maximum absolute atomic E-state index is 11.9. The summed E-state index contributed by atoms with van der Waals surface area (Å²) >= 11 is 0. The smallest absolute Gasteiger partial charge is 0.309 e. The number of methoxy groups -OCH3 is 1. The highest BCUT2D eigenvalue weighted by Gasteiger charge is 2.64. The van der Waals surface area contributed by atoms with Gasteiger partial charge in [0, 0.05) is 32.6 Å². The Bertz CT molecular complexity index is 639. The fourth-order valence-corrected chi connectivity index (χ4v) is 5.29. The van der Waals surface area contributed by atoms with Gasteiger partial charge in [0.05, 0.1) is 25.7 Å². The molecule has 4 fully saturated rings. The molecule has 5 atom stereocenters. The van der Waals surface area contributed by atoms with Crippen LogP contribution in [-0.4, -0.2) is 54.9 Å². The Balaban J connectivity index is 1.47. The quantitative estimate of drug-likeness (QED) is 0.524. The topological polar surface area (TPSA) is 80.3 Å². The Morgan fingerprint density at radius 1 is 1.07 bits per heavy atom. The molecule has 7 nitrogen and oxygen atoms in total. The van der Waals surface area contributed by atoms with E-state index >= 15 is 0 Å². The number of fused-ring (bicyclic) bond motifs is 4. The van der Waals surface area contributed by atoms with Gasteiger partial charge in [-0.05, 0) is 19.3 Å². The first-order valence-electron chi connectivity index (χ1n) is 10.4. The summed E-state index contributed by atoms with van der Waals surface area (Å²) in [6.07, 6.45) is 10.3. The molecule has 156 valence electrons. The summed E-state index contributed by atoms with van der Waals surface area (Å²) in [5.41, 5.74) is -0.698. The third kappa shape index (κ3) is 3.72. The van der Waals surface area contributed by atoms with Gasteiger partial charge >= 0.3 is 11.9 Å². The van der Waals surface area contributed by atoms with Gasteiger partial charge in [-0.1, -0.05) is 18.6 Å². The van der Waals surface area contributed by atoms with E-state index in [4.69, 9.17) is 18.9 Å². The molecule has 0 aromatic heterocycles. The summed E-state index contributed by atoms with van der Waals surface area (Å²) in [6, 6.07) is 0. The molecule has 0 radical (unpaired) electrons. The van der Waals surface area contributed by atoms with Crippen LogP contribution in [0.25, 0.3) is 0 Å². The highest BCUT2D eigenvalue weighted by atomic mass is 16.8. The van der Waals surface area contributed by atoms with Crippen LogP contribution in [0, 0.1) is 0 Å². The minimum atomic E-state index is -0.698. The highest BCUT2D eigenvalue weighted by Crippen LogP contribution is 2.53. The molecule has 2 saturated heterocycles. The molecule has 7 heteroatoms. The SMILES string of the molecule is COC(=O)C/C=C/CC1OC2C[C@@]1(OC(C)=O)C[C@H]1OC3(CCCCC3)O[C@@H]21. The zero-order valence-electron chi connectivity index (χ0n) is 16.7. The van der Waals surface area contributed by atoms with E-state index in [-0.39, 0.29) is 42.8 Å². The molecule has 4 rings (SSSR count). The zero-order chi connectivity index (χ0) is 19.8. The number of hydrogen-bond acceptors (Lipinski definition) is 7. The van der Waals surface area contributed by atoms with Crippen molar-refractivity contribution in [3.05, 3.63) is 12.2 Å². The molecule has 2 heterocycles. The normalized spacial score (nSPS) is 38.5. The van der Waals surface area contributed by atoms with Gasteiger partial charge in [0.15, 0.2) is 5.79 Å². The van der Waals surface area contributed by atoms with E-state index < -0.39 is 11.4 Å². The first-order valence-corrected chi connectivity index (χ1v) is 10.4. The van der Waals surface area contributed by atoms with Crippen LogP contribution in [0.4, 0.5) is 0 Å². The molecule has 1 spiro atoms. The van der Waals surface area contributed by atoms with Crippen molar-refractivity contribution >= 4 is 11.9 Å². The van der Waals surface area contributed by atoms with Crippen LogP contribution in [0.2, 0.25) is 0 Å². The highest BCUT2D eigenvalue weighted by molar-refractivity contribution is 5.70. The minimum Gasteiger partial charge on any atom is -0.469 e. The van der Waals surface area contributed by atoms with Crippen molar-refractivity contribution in [1.82, 2.24) is 0 Å². The van der Waals surface area contributed by atoms with Gasteiger partial charge < -0.3 is 23.7 Å². The van der Waals surface area contributed by atoms with Gasteiger partial charge in [-0.3, -0.25) is 9.59 Å². The van der Waals surface area contributed by atoms with Crippen molar-refractivity contribution in [3.63, 3.8) is 0 Å². The Labute approximate surface area is 165 Å². The van der Waals surface area contributed by atoms with E-state index in [2.05, 4.69) is 4.74 Å². The van der Waals surface area contributed by atoms with E-state index in [1.165, 1.54) is 20.5 Å². The second-order valence-corrected chi connectivity index (χ2v) is 8.43. The minimum absolute atomic E-state index is 0.106. The molecule has 2 unspecified atom stereocenters. The third-order valence-corrected chi connectivity index (χ3v) is 6.46. The number of rotatable bonds is 5. The molecule has 2 bridgehead atoms. The predicted molar refractivity (Wildman–Crippen MR) is 98.3 cm³/mol. The van der Waals surface area contributed by atoms with Crippen LogP contribution in [-0.2, 0) is 33.3 Å². The lowest BCUT2D eigenvalue weighted by Crippen LogP contribution is -2.50. The van der Waals surface area contributed by atoms with Crippen molar-refractivity contribution in [3.8, 4) is 0 Å². The molecule has 28 heavy (non-hydrogen) atoms. The van der Waals surface area contributed by atoms with Crippen molar-refractivity contribution in [2.45, 2.75) is 101 Å². The summed E-state index contributed by atoms with van der Waals surface area (Å²) in [5.74, 6) is -1.07. The van der Waals surface area contributed by atoms with Gasteiger partial charge in [-0.2, -0.15) is 0 Å². The van der Waals surface area contributed by atoms with Crippen LogP contribution < -0.4 is 0 Å². The summed E-state index contributed by atoms with van der Waals surface area (Å²) in [6.45, 7) is 1.44. The Hall–Kier alpha value is -1.44. The maximum Gasteiger partial charge on any atom is 0.309 e. The maximum atomic E-state index is 11.9. The number of carbonyl (C=O) groups excluding carboxylic acids is 2. The first kappa shape index (κ1) is 19.9. The fraction of sp³-hybridized carbons (Fsp3) is 0.810. The van der Waals surface area contributed by atoms with Gasteiger partial charge in [0.1, 0.15) is 17.8 Å². The second-order valence-electron chi connectivity index (χ2n) is 8.43. The average Bonchev–Trinajstić information content (AvgIpc) is 3.15. The van der Waals surface area contributed by atoms with Crippen LogP contribution in [0.3, 0.4) is 0 Å². The van der Waals surface area contributed by atoms with E-state index in [0.717, 1.165) is 25.7 Å². The molecule has 0 aromatic carbocycles. The van der Waals surface area contributed by atoms with E-state index in [1.54, 1.807) is 6.08 Å². The monoisotopic (exact) mass is 394 g/mol. The molecular formula is C21H30O7. The standard InChI is InChI=1S/C21H30O7/c1-14(22)26-20-12-15(25-17(20)8-4-5-9-18(23)24-2)19-16(13-20)27-21(28-19)10-6-3-7-11-21/h4-5,15-17,19H,3,6-13H2,1-2H3/b5-4+/t15?,16-,17?,19+,20-/m1/s1. The van der Waals surface area contributed by atoms with Crippen molar-refractivity contribution < 1.29 is 33.3 Å². The largest absolute Gasteiger partial charge is 0.469 e. The number of esters is 2. The number of hydrogen-bond donors (Lipinski definition) is 0. The van der Waals surface area contributed by atoms with Gasteiger partial charge in [0.25, 0.3) is 0 Å². The Kier molecular flexibility index (Phi) is 5.51. The zero-order valence-corrected chi connectivity index (χ0v) is 16.7. The summed E-state index contributed by atoms with van der Waals surface area (Å²) < 4.78 is 29.7. The third-order valence-electron chi connectivity index (χ3n) is 6.46. The lowest BCUT2D eigenvalue weighted by atomic mass is 9.78. The average molecular weight is 394 g/mol. The molecule has 4 aliphatic rings. The number of carbonyl (C=O) groups is 2.